The van der Waals surface area contributed by atoms with E-state index in [0.29, 0.717) is 17.0 Å². The summed E-state index contributed by atoms with van der Waals surface area (Å²) in [5.74, 6) is -0.832. The minimum absolute atomic E-state index is 0.139. The molecule has 2 rings (SSSR count). The van der Waals surface area contributed by atoms with Crippen LogP contribution in [-0.4, -0.2) is 39.1 Å². The van der Waals surface area contributed by atoms with Gasteiger partial charge in [0.1, 0.15) is 6.04 Å². The summed E-state index contributed by atoms with van der Waals surface area (Å²) in [5.41, 5.74) is 6.55. The van der Waals surface area contributed by atoms with Gasteiger partial charge in [0.2, 0.25) is 0 Å². The van der Waals surface area contributed by atoms with Gasteiger partial charge >= 0.3 is 5.97 Å². The first-order valence-electron chi connectivity index (χ1n) is 5.53. The molecule has 2 atom stereocenters. The van der Waals surface area contributed by atoms with Crippen LogP contribution in [0.25, 0.3) is 0 Å². The van der Waals surface area contributed by atoms with Crippen molar-refractivity contribution in [2.45, 2.75) is 18.3 Å². The maximum Gasteiger partial charge on any atom is 0.327 e. The zero-order chi connectivity index (χ0) is 13.3. The van der Waals surface area contributed by atoms with Gasteiger partial charge in [0.15, 0.2) is 0 Å². The van der Waals surface area contributed by atoms with Crippen LogP contribution >= 0.6 is 11.8 Å². The molecule has 1 saturated heterocycles. The Morgan fingerprint density at radius 1 is 1.50 bits per heavy atom. The number of thioether (sulfide) groups is 1. The van der Waals surface area contributed by atoms with Crippen LogP contribution in [0.4, 0.5) is 5.69 Å². The summed E-state index contributed by atoms with van der Waals surface area (Å²) in [4.78, 5) is 24.9. The first kappa shape index (κ1) is 12.8. The summed E-state index contributed by atoms with van der Waals surface area (Å²) in [7, 11) is 0. The zero-order valence-electron chi connectivity index (χ0n) is 9.87. The summed E-state index contributed by atoms with van der Waals surface area (Å²) in [6.45, 7) is 1.83. The average molecular weight is 266 g/mol. The minimum atomic E-state index is -0.968. The molecule has 1 heterocycles. The quantitative estimate of drug-likeness (QED) is 0.787. The normalized spacial score (nSPS) is 23.1. The lowest BCUT2D eigenvalue weighted by atomic mass is 10.1. The summed E-state index contributed by atoms with van der Waals surface area (Å²) in [6.07, 6.45) is 0. The van der Waals surface area contributed by atoms with Gasteiger partial charge in [-0.25, -0.2) is 4.79 Å². The molecule has 1 aromatic carbocycles. The van der Waals surface area contributed by atoms with Crippen molar-refractivity contribution in [2.24, 2.45) is 0 Å². The number of hydrogen-bond donors (Lipinski definition) is 2. The lowest BCUT2D eigenvalue weighted by molar-refractivity contribution is -0.141. The van der Waals surface area contributed by atoms with E-state index in [4.69, 9.17) is 10.8 Å². The van der Waals surface area contributed by atoms with Gasteiger partial charge in [-0.05, 0) is 25.1 Å². The second-order valence-electron chi connectivity index (χ2n) is 4.12. The molecule has 1 amide bonds. The van der Waals surface area contributed by atoms with Crippen molar-refractivity contribution in [2.75, 3.05) is 11.5 Å². The summed E-state index contributed by atoms with van der Waals surface area (Å²) in [6, 6.07) is 5.82. The molecular weight excluding hydrogens is 252 g/mol. The molecule has 1 aromatic rings. The first-order chi connectivity index (χ1) is 8.50. The maximum atomic E-state index is 12.3. The number of anilines is 1. The Hall–Kier alpha value is -1.69. The van der Waals surface area contributed by atoms with E-state index in [9.17, 15) is 9.59 Å². The van der Waals surface area contributed by atoms with Gasteiger partial charge in [0, 0.05) is 17.0 Å². The van der Waals surface area contributed by atoms with E-state index < -0.39 is 12.0 Å². The molecule has 18 heavy (non-hydrogen) atoms. The van der Waals surface area contributed by atoms with E-state index >= 15 is 0 Å². The first-order valence-corrected chi connectivity index (χ1v) is 6.58. The number of carbonyl (C=O) groups is 2. The van der Waals surface area contributed by atoms with Crippen molar-refractivity contribution >= 4 is 29.3 Å². The molecule has 3 N–H and O–H groups in total. The molecule has 0 radical (unpaired) electrons. The molecule has 5 nitrogen and oxygen atoms in total. The number of carboxylic acid groups (broad SMARTS) is 1. The van der Waals surface area contributed by atoms with Gasteiger partial charge in [0.25, 0.3) is 5.91 Å². The van der Waals surface area contributed by atoms with Crippen LogP contribution in [0.2, 0.25) is 0 Å². The van der Waals surface area contributed by atoms with Gasteiger partial charge in [-0.2, -0.15) is 0 Å². The molecular formula is C12H14N2O3S. The molecule has 1 aliphatic rings. The molecule has 0 aliphatic carbocycles. The van der Waals surface area contributed by atoms with Gasteiger partial charge in [0.05, 0.1) is 5.37 Å². The summed E-state index contributed by atoms with van der Waals surface area (Å²) >= 11 is 1.46. The number of nitrogens with zero attached hydrogens (tertiary/aromatic N) is 1. The lowest BCUT2D eigenvalue weighted by Crippen LogP contribution is -2.44. The predicted octanol–water partition coefficient (Wildman–Crippen LogP) is 1.26. The Bertz CT molecular complexity index is 492. The highest BCUT2D eigenvalue weighted by atomic mass is 32.2. The van der Waals surface area contributed by atoms with Crippen LogP contribution < -0.4 is 5.73 Å². The smallest absolute Gasteiger partial charge is 0.327 e. The van der Waals surface area contributed by atoms with Crippen molar-refractivity contribution in [3.63, 3.8) is 0 Å². The van der Waals surface area contributed by atoms with E-state index in [0.717, 1.165) is 0 Å². The van der Waals surface area contributed by atoms with Crippen molar-refractivity contribution in [3.05, 3.63) is 29.8 Å². The standard InChI is InChI=1S/C12H14N2O3S/c1-7-14(10(6-18-7)12(16)17)11(15)8-3-2-4-9(13)5-8/h2-5,7,10H,6,13H2,1H3,(H,16,17). The fourth-order valence-electron chi connectivity index (χ4n) is 1.96. The number of hydrogen-bond acceptors (Lipinski definition) is 4. The van der Waals surface area contributed by atoms with E-state index in [-0.39, 0.29) is 11.3 Å². The van der Waals surface area contributed by atoms with Crippen LogP contribution in [0.15, 0.2) is 24.3 Å². The van der Waals surface area contributed by atoms with Gasteiger partial charge in [-0.1, -0.05) is 6.07 Å². The van der Waals surface area contributed by atoms with Crippen molar-refractivity contribution in [3.8, 4) is 0 Å². The number of carbonyl (C=O) groups excluding carboxylic acids is 1. The van der Waals surface area contributed by atoms with Crippen LogP contribution in [-0.2, 0) is 4.79 Å². The maximum absolute atomic E-state index is 12.3. The number of amides is 1. The third-order valence-electron chi connectivity index (χ3n) is 2.88. The Morgan fingerprint density at radius 3 is 2.83 bits per heavy atom. The van der Waals surface area contributed by atoms with Crippen LogP contribution in [0.1, 0.15) is 17.3 Å². The Labute approximate surface area is 109 Å². The van der Waals surface area contributed by atoms with Crippen LogP contribution in [0.3, 0.4) is 0 Å². The number of nitrogens with two attached hydrogens (primary N) is 1. The van der Waals surface area contributed by atoms with E-state index in [1.807, 2.05) is 6.92 Å². The van der Waals surface area contributed by atoms with Gasteiger partial charge in [-0.15, -0.1) is 11.8 Å². The van der Waals surface area contributed by atoms with Crippen molar-refractivity contribution < 1.29 is 14.7 Å². The molecule has 96 valence electrons. The minimum Gasteiger partial charge on any atom is -0.480 e. The molecule has 1 fully saturated rings. The summed E-state index contributed by atoms with van der Waals surface area (Å²) in [5, 5.41) is 8.98. The number of benzene rings is 1. The van der Waals surface area contributed by atoms with E-state index in [2.05, 4.69) is 0 Å². The second kappa shape index (κ2) is 4.89. The zero-order valence-corrected chi connectivity index (χ0v) is 10.7. The number of nitrogen functional groups attached to an aromatic ring is 1. The van der Waals surface area contributed by atoms with E-state index in [1.165, 1.54) is 16.7 Å². The number of aliphatic carboxylic acids is 1. The number of rotatable bonds is 2. The molecule has 0 aromatic heterocycles. The highest BCUT2D eigenvalue weighted by Crippen LogP contribution is 2.30. The van der Waals surface area contributed by atoms with Gasteiger partial charge in [-0.3, -0.25) is 4.79 Å². The number of carboxylic acids is 1. The monoisotopic (exact) mass is 266 g/mol. The SMILES string of the molecule is CC1SCC(C(=O)O)N1C(=O)c1cccc(N)c1. The van der Waals surface area contributed by atoms with E-state index in [1.54, 1.807) is 24.3 Å². The Kier molecular flexibility index (Phi) is 3.47. The molecule has 1 aliphatic heterocycles. The Balaban J connectivity index is 2.29. The summed E-state index contributed by atoms with van der Waals surface area (Å²) < 4.78 is 0. The van der Waals surface area contributed by atoms with Gasteiger partial charge < -0.3 is 15.7 Å². The van der Waals surface area contributed by atoms with Crippen molar-refractivity contribution in [1.29, 1.82) is 0 Å². The fraction of sp³-hybridized carbons (Fsp3) is 0.333. The second-order valence-corrected chi connectivity index (χ2v) is 5.47. The van der Waals surface area contributed by atoms with Crippen molar-refractivity contribution in [1.82, 2.24) is 4.90 Å². The highest BCUT2D eigenvalue weighted by Gasteiger charge is 2.39. The molecule has 0 saturated carbocycles. The predicted molar refractivity (Wildman–Crippen MR) is 70.4 cm³/mol. The third-order valence-corrected chi connectivity index (χ3v) is 4.09. The fourth-order valence-corrected chi connectivity index (χ4v) is 3.13. The average Bonchev–Trinajstić information content (AvgIpc) is 2.70. The largest absolute Gasteiger partial charge is 0.480 e. The molecule has 0 spiro atoms. The van der Waals surface area contributed by atoms with Crippen LogP contribution in [0, 0.1) is 0 Å². The Morgan fingerprint density at radius 2 is 2.22 bits per heavy atom. The van der Waals surface area contributed by atoms with Crippen LogP contribution in [0.5, 0.6) is 0 Å². The molecule has 6 heteroatoms. The third kappa shape index (κ3) is 2.28. The highest BCUT2D eigenvalue weighted by molar-refractivity contribution is 8.00. The topological polar surface area (TPSA) is 83.6 Å². The lowest BCUT2D eigenvalue weighted by Gasteiger charge is -2.25. The molecule has 0 bridgehead atoms. The molecule has 2 unspecified atom stereocenters.